The van der Waals surface area contributed by atoms with Crippen LogP contribution in [0.4, 0.5) is 5.69 Å². The maximum atomic E-state index is 12.3. The molecule has 0 saturated heterocycles. The van der Waals surface area contributed by atoms with Gasteiger partial charge in [0.1, 0.15) is 0 Å². The summed E-state index contributed by atoms with van der Waals surface area (Å²) < 4.78 is 1.98. The molecule has 1 heterocycles. The molecule has 0 fully saturated rings. The Kier molecular flexibility index (Phi) is 5.69. The first-order chi connectivity index (χ1) is 12.4. The third kappa shape index (κ3) is 4.48. The molecule has 0 aliphatic rings. The zero-order valence-electron chi connectivity index (χ0n) is 14.9. The highest BCUT2D eigenvalue weighted by atomic mass is 35.5. The van der Waals surface area contributed by atoms with Crippen LogP contribution < -0.4 is 5.32 Å². The van der Waals surface area contributed by atoms with E-state index in [1.165, 1.54) is 11.8 Å². The Morgan fingerprint density at radius 3 is 2.46 bits per heavy atom. The number of aryl methyl sites for hydroxylation is 2. The normalized spacial score (nSPS) is 10.8. The maximum absolute atomic E-state index is 12.3. The van der Waals surface area contributed by atoms with Crippen molar-refractivity contribution in [2.45, 2.75) is 19.0 Å². The van der Waals surface area contributed by atoms with E-state index in [1.807, 2.05) is 68.1 Å². The lowest BCUT2D eigenvalue weighted by Crippen LogP contribution is -2.14. The fourth-order valence-corrected chi connectivity index (χ4v) is 3.67. The van der Waals surface area contributed by atoms with E-state index in [-0.39, 0.29) is 5.91 Å². The minimum atomic E-state index is -0.0453. The predicted molar refractivity (Wildman–Crippen MR) is 109 cm³/mol. The van der Waals surface area contributed by atoms with Crippen LogP contribution in [0.5, 0.6) is 0 Å². The van der Waals surface area contributed by atoms with E-state index in [0.717, 1.165) is 33.2 Å². The van der Waals surface area contributed by atoms with Crippen molar-refractivity contribution in [1.82, 2.24) is 9.55 Å². The van der Waals surface area contributed by atoms with Crippen molar-refractivity contribution in [1.29, 1.82) is 0 Å². The molecule has 1 aromatic heterocycles. The predicted octanol–water partition coefficient (Wildman–Crippen LogP) is 5.09. The molecule has 0 bridgehead atoms. The molecule has 0 aliphatic carbocycles. The van der Waals surface area contributed by atoms with E-state index >= 15 is 0 Å². The highest BCUT2D eigenvalue weighted by Gasteiger charge is 2.11. The van der Waals surface area contributed by atoms with Crippen LogP contribution in [-0.2, 0) is 11.8 Å². The van der Waals surface area contributed by atoms with Crippen LogP contribution in [-0.4, -0.2) is 21.2 Å². The average Bonchev–Trinajstić information content (AvgIpc) is 2.93. The van der Waals surface area contributed by atoms with Gasteiger partial charge in [0.25, 0.3) is 0 Å². The van der Waals surface area contributed by atoms with Gasteiger partial charge in [-0.15, -0.1) is 0 Å². The van der Waals surface area contributed by atoms with Crippen molar-refractivity contribution in [3.63, 3.8) is 0 Å². The Morgan fingerprint density at radius 1 is 1.15 bits per heavy atom. The second-order valence-corrected chi connectivity index (χ2v) is 7.58. The molecule has 26 heavy (non-hydrogen) atoms. The summed E-state index contributed by atoms with van der Waals surface area (Å²) in [6.45, 7) is 4.03. The van der Waals surface area contributed by atoms with Crippen LogP contribution in [0.1, 0.15) is 11.1 Å². The van der Waals surface area contributed by atoms with E-state index in [2.05, 4.69) is 16.4 Å². The van der Waals surface area contributed by atoms with Crippen molar-refractivity contribution in [3.05, 3.63) is 64.8 Å². The van der Waals surface area contributed by atoms with Crippen molar-refractivity contribution in [3.8, 4) is 11.3 Å². The lowest BCUT2D eigenvalue weighted by atomic mass is 10.1. The van der Waals surface area contributed by atoms with Crippen LogP contribution in [0.3, 0.4) is 0 Å². The van der Waals surface area contributed by atoms with Gasteiger partial charge >= 0.3 is 0 Å². The Labute approximate surface area is 162 Å². The number of halogens is 1. The van der Waals surface area contributed by atoms with Crippen LogP contribution in [0.25, 0.3) is 11.3 Å². The van der Waals surface area contributed by atoms with Gasteiger partial charge in [-0.05, 0) is 54.8 Å². The zero-order chi connectivity index (χ0) is 18.7. The molecular formula is C20H20ClN3OS. The summed E-state index contributed by atoms with van der Waals surface area (Å²) in [6.07, 6.45) is 1.81. The third-order valence-electron chi connectivity index (χ3n) is 3.92. The molecule has 6 heteroatoms. The second kappa shape index (κ2) is 7.98. The van der Waals surface area contributed by atoms with Crippen molar-refractivity contribution < 1.29 is 4.79 Å². The SMILES string of the molecule is Cc1cc(C)cc(NC(=O)CSc2ncc(-c3ccc(Cl)cc3)n2C)c1. The lowest BCUT2D eigenvalue weighted by Gasteiger charge is -2.08. The number of benzene rings is 2. The Balaban J connectivity index is 1.64. The van der Waals surface area contributed by atoms with Crippen LogP contribution in [0.2, 0.25) is 5.02 Å². The van der Waals surface area contributed by atoms with Gasteiger partial charge in [0.05, 0.1) is 17.6 Å². The number of carbonyl (C=O) groups excluding carboxylic acids is 1. The number of amides is 1. The van der Waals surface area contributed by atoms with Gasteiger partial charge in [0.2, 0.25) is 5.91 Å². The Hall–Kier alpha value is -2.24. The first kappa shape index (κ1) is 18.5. The van der Waals surface area contributed by atoms with E-state index in [4.69, 9.17) is 11.6 Å². The lowest BCUT2D eigenvalue weighted by molar-refractivity contribution is -0.113. The third-order valence-corrected chi connectivity index (χ3v) is 5.22. The van der Waals surface area contributed by atoms with E-state index in [0.29, 0.717) is 10.8 Å². The van der Waals surface area contributed by atoms with Crippen LogP contribution >= 0.6 is 23.4 Å². The van der Waals surface area contributed by atoms with Crippen molar-refractivity contribution in [2.24, 2.45) is 7.05 Å². The second-order valence-electron chi connectivity index (χ2n) is 6.21. The molecular weight excluding hydrogens is 366 g/mol. The van der Waals surface area contributed by atoms with Gasteiger partial charge in [-0.1, -0.05) is 41.6 Å². The molecule has 0 atom stereocenters. The molecule has 0 aliphatic heterocycles. The van der Waals surface area contributed by atoms with Crippen LogP contribution in [0.15, 0.2) is 53.8 Å². The molecule has 134 valence electrons. The summed E-state index contributed by atoms with van der Waals surface area (Å²) >= 11 is 7.36. The fraction of sp³-hybridized carbons (Fsp3) is 0.200. The molecule has 2 aromatic carbocycles. The first-order valence-electron chi connectivity index (χ1n) is 8.21. The maximum Gasteiger partial charge on any atom is 0.234 e. The van der Waals surface area contributed by atoms with Gasteiger partial charge in [-0.25, -0.2) is 4.98 Å². The molecule has 0 saturated carbocycles. The molecule has 3 aromatic rings. The monoisotopic (exact) mass is 385 g/mol. The van der Waals surface area contributed by atoms with Crippen molar-refractivity contribution >= 4 is 35.0 Å². The number of rotatable bonds is 5. The Morgan fingerprint density at radius 2 is 1.81 bits per heavy atom. The number of hydrogen-bond donors (Lipinski definition) is 1. The van der Waals surface area contributed by atoms with Crippen molar-refractivity contribution in [2.75, 3.05) is 11.1 Å². The highest BCUT2D eigenvalue weighted by molar-refractivity contribution is 7.99. The molecule has 0 radical (unpaired) electrons. The number of aromatic nitrogens is 2. The molecule has 0 unspecified atom stereocenters. The largest absolute Gasteiger partial charge is 0.325 e. The zero-order valence-corrected chi connectivity index (χ0v) is 16.5. The van der Waals surface area contributed by atoms with E-state index < -0.39 is 0 Å². The summed E-state index contributed by atoms with van der Waals surface area (Å²) in [5.74, 6) is 0.258. The number of carbonyl (C=O) groups is 1. The number of imidazole rings is 1. The summed E-state index contributed by atoms with van der Waals surface area (Å²) in [6, 6.07) is 13.6. The number of nitrogens with zero attached hydrogens (tertiary/aromatic N) is 2. The summed E-state index contributed by atoms with van der Waals surface area (Å²) in [4.78, 5) is 16.7. The molecule has 4 nitrogen and oxygen atoms in total. The number of thioether (sulfide) groups is 1. The number of nitrogens with one attached hydrogen (secondary N) is 1. The number of hydrogen-bond acceptors (Lipinski definition) is 3. The minimum absolute atomic E-state index is 0.0453. The van der Waals surface area contributed by atoms with E-state index in [9.17, 15) is 4.79 Å². The fourth-order valence-electron chi connectivity index (χ4n) is 2.79. The Bertz CT molecular complexity index is 914. The topological polar surface area (TPSA) is 46.9 Å². The summed E-state index contributed by atoms with van der Waals surface area (Å²) in [5, 5.41) is 4.45. The standard InChI is InChI=1S/C20H20ClN3OS/c1-13-8-14(2)10-17(9-13)23-19(25)12-26-20-22-11-18(24(20)3)15-4-6-16(21)7-5-15/h4-11H,12H2,1-3H3,(H,23,25). The molecule has 0 spiro atoms. The van der Waals surface area contributed by atoms with E-state index in [1.54, 1.807) is 0 Å². The van der Waals surface area contributed by atoms with Crippen LogP contribution in [0, 0.1) is 13.8 Å². The minimum Gasteiger partial charge on any atom is -0.325 e. The summed E-state index contributed by atoms with van der Waals surface area (Å²) in [7, 11) is 1.95. The number of anilines is 1. The molecule has 3 rings (SSSR count). The average molecular weight is 386 g/mol. The van der Waals surface area contributed by atoms with Gasteiger partial charge in [-0.2, -0.15) is 0 Å². The first-order valence-corrected chi connectivity index (χ1v) is 9.57. The van der Waals surface area contributed by atoms with Gasteiger partial charge in [0, 0.05) is 17.8 Å². The van der Waals surface area contributed by atoms with Gasteiger partial charge in [0.15, 0.2) is 5.16 Å². The smallest absolute Gasteiger partial charge is 0.234 e. The van der Waals surface area contributed by atoms with Gasteiger partial charge in [-0.3, -0.25) is 4.79 Å². The summed E-state index contributed by atoms with van der Waals surface area (Å²) in [5.41, 5.74) is 5.11. The molecule has 1 N–H and O–H groups in total. The molecule has 1 amide bonds. The van der Waals surface area contributed by atoms with Gasteiger partial charge < -0.3 is 9.88 Å². The quantitative estimate of drug-likeness (QED) is 0.622. The highest BCUT2D eigenvalue weighted by Crippen LogP contribution is 2.26.